The number of alkyl carbamates (subject to hydrolysis) is 1. The Morgan fingerprint density at radius 3 is 2.70 bits per heavy atom. The Kier molecular flexibility index (Phi) is 7.90. The Labute approximate surface area is 138 Å². The molecular formula is C18H28N2O3. The third kappa shape index (κ3) is 7.01. The largest absolute Gasteiger partial charge is 0.445 e. The van der Waals surface area contributed by atoms with Crippen molar-refractivity contribution in [3.05, 3.63) is 35.9 Å². The van der Waals surface area contributed by atoms with Crippen LogP contribution in [0.2, 0.25) is 0 Å². The molecule has 5 nitrogen and oxygen atoms in total. The van der Waals surface area contributed by atoms with E-state index in [1.807, 2.05) is 30.3 Å². The average molecular weight is 320 g/mol. The van der Waals surface area contributed by atoms with Crippen molar-refractivity contribution in [2.24, 2.45) is 0 Å². The number of rotatable bonds is 10. The predicted octanol–water partition coefficient (Wildman–Crippen LogP) is 2.85. The predicted molar refractivity (Wildman–Crippen MR) is 90.3 cm³/mol. The molecule has 0 bridgehead atoms. The molecule has 0 unspecified atom stereocenters. The maximum Gasteiger partial charge on any atom is 0.407 e. The maximum absolute atomic E-state index is 11.7. The summed E-state index contributed by atoms with van der Waals surface area (Å²) in [6.07, 6.45) is 3.87. The second-order valence-electron chi connectivity index (χ2n) is 5.99. The lowest BCUT2D eigenvalue weighted by Crippen LogP contribution is -2.53. The number of benzene rings is 1. The van der Waals surface area contributed by atoms with Gasteiger partial charge in [-0.25, -0.2) is 4.79 Å². The van der Waals surface area contributed by atoms with Gasteiger partial charge in [0.15, 0.2) is 0 Å². The van der Waals surface area contributed by atoms with Crippen LogP contribution in [0, 0.1) is 0 Å². The van der Waals surface area contributed by atoms with Gasteiger partial charge < -0.3 is 20.1 Å². The lowest BCUT2D eigenvalue weighted by atomic mass is 9.87. The molecule has 2 N–H and O–H groups in total. The number of amides is 1. The minimum absolute atomic E-state index is 0.219. The molecule has 0 atom stereocenters. The number of unbranched alkanes of at least 4 members (excludes halogenated alkanes) is 1. The van der Waals surface area contributed by atoms with Gasteiger partial charge in [-0.2, -0.15) is 0 Å². The van der Waals surface area contributed by atoms with Crippen LogP contribution >= 0.6 is 0 Å². The van der Waals surface area contributed by atoms with Crippen LogP contribution in [0.4, 0.5) is 4.79 Å². The molecule has 1 aliphatic carbocycles. The van der Waals surface area contributed by atoms with E-state index in [0.717, 1.165) is 44.6 Å². The van der Waals surface area contributed by atoms with E-state index in [4.69, 9.17) is 9.47 Å². The van der Waals surface area contributed by atoms with E-state index in [-0.39, 0.29) is 12.1 Å². The minimum Gasteiger partial charge on any atom is -0.445 e. The van der Waals surface area contributed by atoms with Crippen molar-refractivity contribution in [1.82, 2.24) is 10.6 Å². The SMILES string of the molecule is CCCCOCCNC1CC(NC(=O)OCc2ccccc2)C1. The fraction of sp³-hybridized carbons (Fsp3) is 0.611. The molecule has 0 heterocycles. The summed E-state index contributed by atoms with van der Waals surface area (Å²) in [7, 11) is 0. The summed E-state index contributed by atoms with van der Waals surface area (Å²) >= 11 is 0. The van der Waals surface area contributed by atoms with Gasteiger partial charge in [0.1, 0.15) is 6.61 Å². The van der Waals surface area contributed by atoms with Crippen molar-refractivity contribution in [3.63, 3.8) is 0 Å². The lowest BCUT2D eigenvalue weighted by molar-refractivity contribution is 0.115. The summed E-state index contributed by atoms with van der Waals surface area (Å²) in [6, 6.07) is 10.4. The van der Waals surface area contributed by atoms with Crippen LogP contribution in [0.3, 0.4) is 0 Å². The van der Waals surface area contributed by atoms with Crippen molar-refractivity contribution in [2.45, 2.75) is 51.3 Å². The maximum atomic E-state index is 11.7. The first kappa shape index (κ1) is 17.8. The molecule has 0 radical (unpaired) electrons. The van der Waals surface area contributed by atoms with Crippen LogP contribution in [-0.2, 0) is 16.1 Å². The van der Waals surface area contributed by atoms with E-state index < -0.39 is 0 Å². The van der Waals surface area contributed by atoms with Crippen molar-refractivity contribution >= 4 is 6.09 Å². The molecule has 23 heavy (non-hydrogen) atoms. The lowest BCUT2D eigenvalue weighted by Gasteiger charge is -2.36. The van der Waals surface area contributed by atoms with Gasteiger partial charge in [0.05, 0.1) is 6.61 Å². The Balaban J connectivity index is 1.46. The molecule has 0 aliphatic heterocycles. The highest BCUT2D eigenvalue weighted by Gasteiger charge is 2.30. The Morgan fingerprint density at radius 1 is 1.17 bits per heavy atom. The summed E-state index contributed by atoms with van der Waals surface area (Å²) in [5.74, 6) is 0. The van der Waals surface area contributed by atoms with Gasteiger partial charge >= 0.3 is 6.09 Å². The molecule has 1 aromatic rings. The molecule has 128 valence electrons. The third-order valence-electron chi connectivity index (χ3n) is 3.99. The van der Waals surface area contributed by atoms with E-state index in [1.165, 1.54) is 6.42 Å². The van der Waals surface area contributed by atoms with E-state index >= 15 is 0 Å². The van der Waals surface area contributed by atoms with Crippen LogP contribution in [0.25, 0.3) is 0 Å². The molecule has 1 aliphatic rings. The number of nitrogens with one attached hydrogen (secondary N) is 2. The highest BCUT2D eigenvalue weighted by Crippen LogP contribution is 2.19. The standard InChI is InChI=1S/C18H28N2O3/c1-2-3-10-22-11-9-19-16-12-17(13-16)20-18(21)23-14-15-7-5-4-6-8-15/h4-8,16-17,19H,2-3,9-14H2,1H3,(H,20,21). The molecular weight excluding hydrogens is 292 g/mol. The summed E-state index contributed by atoms with van der Waals surface area (Å²) in [5, 5.41) is 6.34. The average Bonchev–Trinajstić information content (AvgIpc) is 2.54. The summed E-state index contributed by atoms with van der Waals surface area (Å²) in [5.41, 5.74) is 0.999. The number of hydrogen-bond acceptors (Lipinski definition) is 4. The zero-order valence-electron chi connectivity index (χ0n) is 13.9. The van der Waals surface area contributed by atoms with Crippen molar-refractivity contribution < 1.29 is 14.3 Å². The molecule has 0 spiro atoms. The molecule has 2 rings (SSSR count). The fourth-order valence-electron chi connectivity index (χ4n) is 2.52. The van der Waals surface area contributed by atoms with Crippen LogP contribution in [0.15, 0.2) is 30.3 Å². The molecule has 1 aromatic carbocycles. The summed E-state index contributed by atoms with van der Waals surface area (Å²) in [6.45, 7) is 4.96. The molecule has 5 heteroatoms. The molecule has 0 aromatic heterocycles. The van der Waals surface area contributed by atoms with E-state index in [9.17, 15) is 4.79 Å². The van der Waals surface area contributed by atoms with Gasteiger partial charge in [-0.05, 0) is 24.8 Å². The van der Waals surface area contributed by atoms with Crippen LogP contribution in [0.5, 0.6) is 0 Å². The fourth-order valence-corrected chi connectivity index (χ4v) is 2.52. The van der Waals surface area contributed by atoms with E-state index in [0.29, 0.717) is 12.6 Å². The number of hydrogen-bond donors (Lipinski definition) is 2. The van der Waals surface area contributed by atoms with Crippen LogP contribution < -0.4 is 10.6 Å². The number of ether oxygens (including phenoxy) is 2. The highest BCUT2D eigenvalue weighted by atomic mass is 16.5. The number of carbonyl (C=O) groups is 1. The van der Waals surface area contributed by atoms with E-state index in [1.54, 1.807) is 0 Å². The second-order valence-corrected chi connectivity index (χ2v) is 5.99. The Morgan fingerprint density at radius 2 is 1.96 bits per heavy atom. The normalized spacial score (nSPS) is 19.9. The summed E-state index contributed by atoms with van der Waals surface area (Å²) < 4.78 is 10.7. The minimum atomic E-state index is -0.333. The quantitative estimate of drug-likeness (QED) is 0.651. The van der Waals surface area contributed by atoms with E-state index in [2.05, 4.69) is 17.6 Å². The van der Waals surface area contributed by atoms with Crippen molar-refractivity contribution in [1.29, 1.82) is 0 Å². The third-order valence-corrected chi connectivity index (χ3v) is 3.99. The van der Waals surface area contributed by atoms with Gasteiger partial charge in [0, 0.05) is 25.2 Å². The zero-order chi connectivity index (χ0) is 16.3. The van der Waals surface area contributed by atoms with Crippen molar-refractivity contribution in [3.8, 4) is 0 Å². The Hall–Kier alpha value is -1.59. The number of carbonyl (C=O) groups excluding carboxylic acids is 1. The molecule has 1 amide bonds. The first-order valence-electron chi connectivity index (χ1n) is 8.56. The summed E-state index contributed by atoms with van der Waals surface area (Å²) in [4.78, 5) is 11.7. The monoisotopic (exact) mass is 320 g/mol. The van der Waals surface area contributed by atoms with Crippen molar-refractivity contribution in [2.75, 3.05) is 19.8 Å². The Bertz CT molecular complexity index is 447. The van der Waals surface area contributed by atoms with Crippen LogP contribution in [0.1, 0.15) is 38.2 Å². The zero-order valence-corrected chi connectivity index (χ0v) is 13.9. The van der Waals surface area contributed by atoms with Gasteiger partial charge in [-0.3, -0.25) is 0 Å². The first-order valence-corrected chi connectivity index (χ1v) is 8.56. The van der Waals surface area contributed by atoms with Crippen LogP contribution in [-0.4, -0.2) is 37.9 Å². The molecule has 1 saturated carbocycles. The molecule has 0 saturated heterocycles. The first-order chi connectivity index (χ1) is 11.3. The van der Waals surface area contributed by atoms with Gasteiger partial charge in [-0.1, -0.05) is 43.7 Å². The van der Waals surface area contributed by atoms with Gasteiger partial charge in [0.25, 0.3) is 0 Å². The smallest absolute Gasteiger partial charge is 0.407 e. The second kappa shape index (κ2) is 10.2. The van der Waals surface area contributed by atoms with Gasteiger partial charge in [0.2, 0.25) is 0 Å². The highest BCUT2D eigenvalue weighted by molar-refractivity contribution is 5.67. The topological polar surface area (TPSA) is 59.6 Å². The molecule has 1 fully saturated rings. The van der Waals surface area contributed by atoms with Gasteiger partial charge in [-0.15, -0.1) is 0 Å².